The van der Waals surface area contributed by atoms with Gasteiger partial charge in [0.25, 0.3) is 0 Å². The Morgan fingerprint density at radius 3 is 0.408 bits per heavy atom. The van der Waals surface area contributed by atoms with E-state index in [4.69, 9.17) is 27.6 Å². The second-order valence-electron chi connectivity index (χ2n) is 13.6. The van der Waals surface area contributed by atoms with E-state index in [1.54, 1.807) is 113 Å². The summed E-state index contributed by atoms with van der Waals surface area (Å²) in [4.78, 5) is 4.35. The number of aromatic nitrogens is 1. The van der Waals surface area contributed by atoms with Crippen molar-refractivity contribution >= 4 is 963 Å². The van der Waals surface area contributed by atoms with Gasteiger partial charge in [0.2, 0.25) is 0 Å². The lowest BCUT2D eigenvalue weighted by Gasteiger charge is -2.17. The number of nitrogens with zero attached hydrogens (tertiary/aromatic N) is 2. The zero-order chi connectivity index (χ0) is 90.2. The molecule has 1 rings (SSSR count). The van der Waals surface area contributed by atoms with Crippen LogP contribution in [0.5, 0.6) is 0 Å². The van der Waals surface area contributed by atoms with E-state index < -0.39 is 8.07 Å². The summed E-state index contributed by atoms with van der Waals surface area (Å²) in [6.45, 7) is 12.9. The highest BCUT2D eigenvalue weighted by Gasteiger charge is 2.17. The molecule has 2 nitrogen and oxygen atoms in total. The molecule has 1 heterocycles. The molecule has 0 saturated heterocycles. The van der Waals surface area contributed by atoms with Crippen molar-refractivity contribution < 1.29 is 0 Å². The summed E-state index contributed by atoms with van der Waals surface area (Å²) in [6.07, 6.45) is 1.63. The number of nitriles is 1. The molecular weight excluding hydrogens is 3670 g/mol. The molecule has 1 aromatic rings. The van der Waals surface area contributed by atoms with Crippen LogP contribution >= 0.6 is 0 Å². The van der Waals surface area contributed by atoms with E-state index in [2.05, 4.69) is 62.9 Å². The van der Waals surface area contributed by atoms with Crippen LogP contribution in [0.1, 0.15) is 37.6 Å². The van der Waals surface area contributed by atoms with Gasteiger partial charge in [0, 0.05) is 978 Å². The maximum atomic E-state index is 9.10. The van der Waals surface area contributed by atoms with Gasteiger partial charge in [0.05, 0.1) is 5.56 Å². The highest BCUT2D eigenvalue weighted by Crippen LogP contribution is 2.21. The smallest absolute Gasteiger partial charge is 0.129 e. The molecular formula is C15H20N2S107Si. The molecule has 0 atom stereocenters. The fraction of sp³-hybridized carbons (Fsp3) is 0.467. The summed E-state index contributed by atoms with van der Waals surface area (Å²) in [7, 11) is 189. The molecule has 0 radical (unpaired) electrons. The summed E-state index contributed by atoms with van der Waals surface area (Å²) < 4.78 is 0. The highest BCUT2D eigenvalue weighted by atomic mass is 33.6. The average molecular weight is 3690 g/mol. The van der Waals surface area contributed by atoms with Crippen LogP contribution in [-0.2, 0) is 960 Å². The molecule has 1 aromatic heterocycles. The second-order valence-corrected chi connectivity index (χ2v) is 204. The van der Waals surface area contributed by atoms with E-state index in [1.807, 2.05) is 814 Å². The van der Waals surface area contributed by atoms with Crippen LogP contribution in [0, 0.1) is 22.8 Å². The van der Waals surface area contributed by atoms with E-state index >= 15 is 0 Å². The average Bonchev–Trinajstić information content (AvgIpc) is 0.828. The molecule has 0 fully saturated rings. The second kappa shape index (κ2) is 129. The molecule has 0 aliphatic rings. The van der Waals surface area contributed by atoms with Crippen molar-refractivity contribution in [3.8, 4) is 17.5 Å². The summed E-state index contributed by atoms with van der Waals surface area (Å²) in [5.41, 5.74) is 5.62. The summed E-state index contributed by atoms with van der Waals surface area (Å²) in [5, 5.41) is 9.10. The first-order chi connectivity index (χ1) is 61.5. The predicted octanol–water partition coefficient (Wildman–Crippen LogP) is 3.22. The number of hydrogen-bond donors (Lipinski definition) is 0. The molecule has 0 aliphatic heterocycles. The molecule has 0 spiro atoms. The van der Waals surface area contributed by atoms with Gasteiger partial charge in [-0.05, 0) is 6.07 Å². The van der Waals surface area contributed by atoms with Crippen LogP contribution in [0.3, 0.4) is 0 Å². The minimum absolute atomic E-state index is 0.0242. The van der Waals surface area contributed by atoms with Crippen molar-refractivity contribution in [3.05, 3.63) is 29.1 Å². The van der Waals surface area contributed by atoms with E-state index in [0.29, 0.717) is 5.56 Å². The molecule has 0 bridgehead atoms. The lowest BCUT2D eigenvalue weighted by molar-refractivity contribution is 0.568. The maximum absolute atomic E-state index is 9.10. The molecule has 110 heteroatoms. The fourth-order valence-corrected chi connectivity index (χ4v) is 286. The molecule has 125 heavy (non-hydrogen) atoms. The zero-order valence-corrected chi connectivity index (χ0v) is 144. The van der Waals surface area contributed by atoms with Crippen LogP contribution in [-0.4, -0.2) is 13.1 Å². The Morgan fingerprint density at radius 2 is 0.320 bits per heavy atom. The van der Waals surface area contributed by atoms with Crippen LogP contribution in [0.15, 0.2) is 12.3 Å². The van der Waals surface area contributed by atoms with Gasteiger partial charge in [-0.2, -0.15) is 5.26 Å². The lowest BCUT2D eigenvalue weighted by atomic mass is 9.90. The minimum Gasteiger partial charge on any atom is -0.259 e. The van der Waals surface area contributed by atoms with E-state index in [-0.39, 0.29) is 5.41 Å². The fourth-order valence-electron chi connectivity index (χ4n) is 2.48. The van der Waals surface area contributed by atoms with Crippen LogP contribution < -0.4 is 0 Å². The number of hydrogen-bond acceptors (Lipinski definition) is 4. The van der Waals surface area contributed by atoms with Gasteiger partial charge in [-0.25, -0.2) is 0 Å². The van der Waals surface area contributed by atoms with Crippen LogP contribution in [0.2, 0.25) is 19.6 Å². The third kappa shape index (κ3) is 129. The molecule has 0 unspecified atom stereocenters. The Kier molecular flexibility index (Phi) is 152. The topological polar surface area (TPSA) is 36.7 Å². The van der Waals surface area contributed by atoms with Gasteiger partial charge >= 0.3 is 0 Å². The van der Waals surface area contributed by atoms with Crippen molar-refractivity contribution in [2.24, 2.45) is 0 Å². The number of pyridine rings is 1. The quantitative estimate of drug-likeness (QED) is 0.296. The van der Waals surface area contributed by atoms with E-state index in [9.17, 15) is 0 Å². The first kappa shape index (κ1) is 147. The van der Waals surface area contributed by atoms with Crippen molar-refractivity contribution in [2.45, 2.75) is 45.8 Å². The zero-order valence-electron chi connectivity index (χ0n) is 55.7. The molecule has 0 saturated carbocycles. The summed E-state index contributed by atoms with van der Waals surface area (Å²) in [5.74, 6) is 3.17. The van der Waals surface area contributed by atoms with Gasteiger partial charge in [-0.3, -0.25) is 4.98 Å². The standard InChI is InChI=1S/C15H20N2Si.S107/c1-15(2,3)14-9-12(7-8-18(4,5)6)13(10-16)11-17-14;1-3-5-7-9-11-13-15-17-19-21-23-25-27-29-31-33-35-37-39-41-43-45-47-49-51-53-55-57-59-61-63-65-67-69-71-73-75-77-79-81-83-85-87-89-91-93-95-97-99-101-103-105-107-106-104-102-100-98-96-94-92-90-88-86-84-82-80-78-76-74-72-70-68-66-64-62-60-58-56-54-52-50-48-46-44-42-40-38-36-34-32-30-28-26-24-22-20-18-16-14-12-10-8-6-4-2/h9,11H,1-6H3;. The SMILES string of the molecule is CC(C)(C)c1cc(C#C[Si](C)(C)C)c(C#N)cn1.S=S=S=S=S=S=S=S=S=S=S=S=S=S=S=S=S=S=S=S=S=S=S=S=S=S=S=S=S=S=S=S=S=S=S=S=S=S=S=S=S=S=S=S=S=S=S=S=S=S=S=S=S=S=S=S=S=S=S=S=S=S=S=S=S=S=S=S=S=S=S=S=S=S=S=S=S=S=S=S=S=S=S=S=S=S=S=S=S=S=S=S=S=S=S=S=S=S=S=S=S=S=S=S=S=S=S. The van der Waals surface area contributed by atoms with Gasteiger partial charge in [0.1, 0.15) is 14.1 Å². The van der Waals surface area contributed by atoms with E-state index in [1.165, 1.54) is 17.8 Å². The molecule has 0 amide bonds. The first-order valence-corrected chi connectivity index (χ1v) is 169. The predicted molar refractivity (Wildman–Crippen MR) is 866 cm³/mol. The van der Waals surface area contributed by atoms with Crippen LogP contribution in [0.25, 0.3) is 0 Å². The van der Waals surface area contributed by atoms with Crippen molar-refractivity contribution in [1.82, 2.24) is 4.98 Å². The summed E-state index contributed by atoms with van der Waals surface area (Å²) >= 11 is 9.66. The maximum Gasteiger partial charge on any atom is 0.129 e. The Hall–Kier alpha value is 22.0. The number of rotatable bonds is 0. The van der Waals surface area contributed by atoms with Crippen molar-refractivity contribution in [1.29, 1.82) is 5.26 Å². The molecule has 736 valence electrons. The summed E-state index contributed by atoms with van der Waals surface area (Å²) in [6, 6.07) is 4.11. The third-order valence-electron chi connectivity index (χ3n) is 5.25. The largest absolute Gasteiger partial charge is 0.259 e. The third-order valence-corrected chi connectivity index (χ3v) is 237. The Morgan fingerprint density at radius 1 is 0.208 bits per heavy atom. The molecule has 0 aromatic carbocycles. The lowest BCUT2D eigenvalue weighted by Crippen LogP contribution is -2.17. The molecule has 0 N–H and O–H groups in total. The normalized spacial score (nSPS) is 8.39. The van der Waals surface area contributed by atoms with Crippen molar-refractivity contribution in [3.63, 3.8) is 0 Å². The van der Waals surface area contributed by atoms with Gasteiger partial charge in [0.15, 0.2) is 0 Å². The van der Waals surface area contributed by atoms with Gasteiger partial charge in [-0.1, -0.05) is 46.3 Å². The Labute approximate surface area is 1030 Å². The first-order valence-electron chi connectivity index (χ1n) is 23.7. The minimum atomic E-state index is -1.43. The van der Waals surface area contributed by atoms with Gasteiger partial charge in [-0.15, -0.1) is 5.54 Å². The van der Waals surface area contributed by atoms with E-state index in [0.717, 1.165) is 11.3 Å². The Balaban J connectivity index is 0.00000751. The highest BCUT2D eigenvalue weighted by molar-refractivity contribution is 8.88. The van der Waals surface area contributed by atoms with Crippen LogP contribution in [0.4, 0.5) is 0 Å². The van der Waals surface area contributed by atoms with Crippen molar-refractivity contribution in [2.75, 3.05) is 0 Å². The monoisotopic (exact) mass is 3680 g/mol. The molecule has 0 aliphatic carbocycles. The Bertz CT molecular complexity index is 9200. The van der Waals surface area contributed by atoms with Gasteiger partial charge < -0.3 is 0 Å².